The van der Waals surface area contributed by atoms with Gasteiger partial charge in [0.15, 0.2) is 0 Å². The monoisotopic (exact) mass is 205 g/mol. The van der Waals surface area contributed by atoms with Gasteiger partial charge in [-0.15, -0.1) is 0 Å². The van der Waals surface area contributed by atoms with E-state index in [4.69, 9.17) is 5.73 Å². The molecule has 3 saturated carbocycles. The Labute approximate surface area is 88.3 Å². The van der Waals surface area contributed by atoms with Crippen molar-refractivity contribution in [3.05, 3.63) is 12.2 Å². The lowest BCUT2D eigenvalue weighted by atomic mass is 9.75. The second-order valence-corrected chi connectivity index (χ2v) is 5.84. The molecule has 0 unspecified atom stereocenters. The third-order valence-electron chi connectivity index (χ3n) is 5.58. The fourth-order valence-corrected chi connectivity index (χ4v) is 5.20. The van der Waals surface area contributed by atoms with Crippen LogP contribution in [0.3, 0.4) is 0 Å². The summed E-state index contributed by atoms with van der Waals surface area (Å²) in [4.78, 5) is 11.4. The van der Waals surface area contributed by atoms with E-state index in [1.54, 1.807) is 0 Å². The van der Waals surface area contributed by atoms with Crippen molar-refractivity contribution in [1.29, 1.82) is 0 Å². The average molecular weight is 205 g/mol. The highest BCUT2D eigenvalue weighted by molar-refractivity contribution is 5.80. The molecule has 0 saturated heterocycles. The number of carboxylic acids is 1. The molecule has 3 nitrogen and oxygen atoms in total. The molecule has 4 rings (SSSR count). The Morgan fingerprint density at radius 1 is 1.27 bits per heavy atom. The summed E-state index contributed by atoms with van der Waals surface area (Å²) >= 11 is 0. The van der Waals surface area contributed by atoms with Gasteiger partial charge in [0.25, 0.3) is 0 Å². The van der Waals surface area contributed by atoms with E-state index in [0.717, 1.165) is 5.92 Å². The van der Waals surface area contributed by atoms with Crippen LogP contribution in [0.25, 0.3) is 0 Å². The molecule has 0 aliphatic heterocycles. The van der Waals surface area contributed by atoms with Crippen LogP contribution in [0.15, 0.2) is 12.2 Å². The molecule has 0 aromatic carbocycles. The molecular formula is C12H15NO2. The summed E-state index contributed by atoms with van der Waals surface area (Å²) in [5, 5.41) is 9.33. The Morgan fingerprint density at radius 3 is 2.73 bits per heavy atom. The Hall–Kier alpha value is -0.830. The van der Waals surface area contributed by atoms with E-state index < -0.39 is 11.5 Å². The SMILES string of the molecule is N[C@]1(C(=O)O)C[C@@H]2[C@@H]3C=C[C@H]4[C@@H]3C[C@@H]2[C@H]41. The van der Waals surface area contributed by atoms with Crippen LogP contribution in [-0.2, 0) is 4.79 Å². The van der Waals surface area contributed by atoms with Gasteiger partial charge in [-0.1, -0.05) is 12.2 Å². The number of rotatable bonds is 1. The van der Waals surface area contributed by atoms with Crippen molar-refractivity contribution in [3.63, 3.8) is 0 Å². The largest absolute Gasteiger partial charge is 0.480 e. The molecule has 4 aliphatic rings. The number of hydrogen-bond acceptors (Lipinski definition) is 2. The Kier molecular flexibility index (Phi) is 1.19. The molecule has 0 amide bonds. The lowest BCUT2D eigenvalue weighted by Gasteiger charge is -2.31. The van der Waals surface area contributed by atoms with Gasteiger partial charge in [-0.2, -0.15) is 0 Å². The molecule has 80 valence electrons. The van der Waals surface area contributed by atoms with Crippen LogP contribution in [-0.4, -0.2) is 16.6 Å². The predicted octanol–water partition coefficient (Wildman–Crippen LogP) is 0.856. The molecule has 3 fully saturated rings. The molecule has 0 aromatic rings. The minimum Gasteiger partial charge on any atom is -0.480 e. The molecule has 0 heterocycles. The second kappa shape index (κ2) is 2.14. The van der Waals surface area contributed by atoms with Gasteiger partial charge in [0.05, 0.1) is 0 Å². The maximum absolute atomic E-state index is 11.4. The summed E-state index contributed by atoms with van der Waals surface area (Å²) in [6, 6.07) is 0. The molecule has 0 radical (unpaired) electrons. The minimum absolute atomic E-state index is 0.222. The first-order valence-electron chi connectivity index (χ1n) is 5.83. The molecule has 3 N–H and O–H groups in total. The molecule has 4 aliphatic carbocycles. The van der Waals surface area contributed by atoms with Crippen molar-refractivity contribution in [1.82, 2.24) is 0 Å². The van der Waals surface area contributed by atoms with E-state index in [2.05, 4.69) is 12.2 Å². The lowest BCUT2D eigenvalue weighted by Crippen LogP contribution is -2.53. The van der Waals surface area contributed by atoms with E-state index in [9.17, 15) is 9.90 Å². The smallest absolute Gasteiger partial charge is 0.324 e. The molecule has 15 heavy (non-hydrogen) atoms. The Balaban J connectivity index is 1.87. The quantitative estimate of drug-likeness (QED) is 0.624. The number of carboxylic acid groups (broad SMARTS) is 1. The second-order valence-electron chi connectivity index (χ2n) is 5.84. The first-order valence-corrected chi connectivity index (χ1v) is 5.83. The number of aliphatic carboxylic acids is 1. The van der Waals surface area contributed by atoms with Crippen LogP contribution < -0.4 is 5.73 Å². The number of carbonyl (C=O) groups is 1. The minimum atomic E-state index is -0.922. The standard InChI is InChI=1S/C12H15NO2/c13-12(11(14)15)4-9-5-1-2-6-7(5)3-8(9)10(6)12/h1-2,5-10H,3-4,13H2,(H,14,15)/t5-,6+,7-,8+,9-,10+,12-/m1/s1. The fraction of sp³-hybridized carbons (Fsp3) is 0.750. The van der Waals surface area contributed by atoms with E-state index in [-0.39, 0.29) is 5.92 Å². The average Bonchev–Trinajstić information content (AvgIpc) is 2.75. The van der Waals surface area contributed by atoms with Crippen molar-refractivity contribution >= 4 is 5.97 Å². The first kappa shape index (κ1) is 8.34. The van der Waals surface area contributed by atoms with Crippen molar-refractivity contribution in [2.75, 3.05) is 0 Å². The molecule has 2 bridgehead atoms. The third kappa shape index (κ3) is 0.680. The Bertz CT molecular complexity index is 391. The number of nitrogens with two attached hydrogens (primary N) is 1. The van der Waals surface area contributed by atoms with Crippen molar-refractivity contribution in [2.45, 2.75) is 18.4 Å². The zero-order chi connectivity index (χ0) is 10.4. The zero-order valence-electron chi connectivity index (χ0n) is 8.47. The molecule has 7 atom stereocenters. The fourth-order valence-electron chi connectivity index (χ4n) is 5.20. The highest BCUT2D eigenvalue weighted by Crippen LogP contribution is 2.70. The number of allylic oxidation sites excluding steroid dienone is 2. The summed E-state index contributed by atoms with van der Waals surface area (Å²) in [7, 11) is 0. The van der Waals surface area contributed by atoms with Crippen LogP contribution in [0, 0.1) is 35.5 Å². The molecule has 0 spiro atoms. The number of hydrogen-bond donors (Lipinski definition) is 2. The maximum Gasteiger partial charge on any atom is 0.324 e. The van der Waals surface area contributed by atoms with Gasteiger partial charge >= 0.3 is 5.97 Å². The topological polar surface area (TPSA) is 63.3 Å². The Morgan fingerprint density at radius 2 is 2.00 bits per heavy atom. The van der Waals surface area contributed by atoms with Crippen LogP contribution in [0.5, 0.6) is 0 Å². The van der Waals surface area contributed by atoms with E-state index in [1.807, 2.05) is 0 Å². The van der Waals surface area contributed by atoms with Gasteiger partial charge < -0.3 is 10.8 Å². The first-order chi connectivity index (χ1) is 7.13. The van der Waals surface area contributed by atoms with Crippen molar-refractivity contribution in [3.8, 4) is 0 Å². The zero-order valence-corrected chi connectivity index (χ0v) is 8.47. The summed E-state index contributed by atoms with van der Waals surface area (Å²) in [5.74, 6) is 2.47. The van der Waals surface area contributed by atoms with E-state index >= 15 is 0 Å². The van der Waals surface area contributed by atoms with Crippen LogP contribution in [0.1, 0.15) is 12.8 Å². The third-order valence-corrected chi connectivity index (χ3v) is 5.58. The van der Waals surface area contributed by atoms with Gasteiger partial charge in [-0.05, 0) is 48.3 Å². The van der Waals surface area contributed by atoms with Crippen LogP contribution in [0.2, 0.25) is 0 Å². The lowest BCUT2D eigenvalue weighted by molar-refractivity contribution is -0.145. The van der Waals surface area contributed by atoms with Gasteiger partial charge in [0.2, 0.25) is 0 Å². The van der Waals surface area contributed by atoms with Crippen LogP contribution in [0.4, 0.5) is 0 Å². The van der Waals surface area contributed by atoms with Gasteiger partial charge in [0, 0.05) is 0 Å². The highest BCUT2D eigenvalue weighted by Gasteiger charge is 2.70. The maximum atomic E-state index is 11.4. The van der Waals surface area contributed by atoms with Crippen LogP contribution >= 0.6 is 0 Å². The van der Waals surface area contributed by atoms with Crippen molar-refractivity contribution in [2.24, 2.45) is 41.2 Å². The van der Waals surface area contributed by atoms with E-state index in [1.165, 1.54) is 6.42 Å². The van der Waals surface area contributed by atoms with Gasteiger partial charge in [-0.3, -0.25) is 4.79 Å². The molecular weight excluding hydrogens is 190 g/mol. The summed E-state index contributed by atoms with van der Waals surface area (Å²) < 4.78 is 0. The summed E-state index contributed by atoms with van der Waals surface area (Å²) in [6.07, 6.45) is 6.52. The van der Waals surface area contributed by atoms with Crippen molar-refractivity contribution < 1.29 is 9.90 Å². The van der Waals surface area contributed by atoms with Gasteiger partial charge in [0.1, 0.15) is 5.54 Å². The molecule has 3 heteroatoms. The molecule has 0 aromatic heterocycles. The number of fused-ring (bicyclic) bond motifs is 2. The van der Waals surface area contributed by atoms with E-state index in [0.29, 0.717) is 30.1 Å². The normalized spacial score (nSPS) is 63.0. The summed E-state index contributed by atoms with van der Waals surface area (Å²) in [5.41, 5.74) is 5.23. The van der Waals surface area contributed by atoms with Gasteiger partial charge in [-0.25, -0.2) is 0 Å². The summed E-state index contributed by atoms with van der Waals surface area (Å²) in [6.45, 7) is 0. The highest BCUT2D eigenvalue weighted by atomic mass is 16.4. The predicted molar refractivity (Wildman–Crippen MR) is 53.9 cm³/mol.